The molecular weight excluding hydrogens is 587 g/mol. The molecule has 2 saturated heterocycles. The predicted octanol–water partition coefficient (Wildman–Crippen LogP) is 6.70. The Kier molecular flexibility index (Phi) is 8.92. The highest BCUT2D eigenvalue weighted by molar-refractivity contribution is 5.79. The Balaban J connectivity index is 1.51. The molecule has 3 amide bonds. The molecule has 7 nitrogen and oxygen atoms in total. The second kappa shape index (κ2) is 11.9. The zero-order chi connectivity index (χ0) is 31.8. The van der Waals surface area contributed by atoms with E-state index in [9.17, 15) is 40.3 Å². The summed E-state index contributed by atoms with van der Waals surface area (Å²) in [4.78, 5) is 28.8. The molecule has 2 aromatic rings. The first kappa shape index (κ1) is 32.4. The van der Waals surface area contributed by atoms with Crippen molar-refractivity contribution in [1.82, 2.24) is 15.1 Å². The van der Waals surface area contributed by atoms with Crippen LogP contribution in [0.15, 0.2) is 42.5 Å². The fourth-order valence-electron chi connectivity index (χ4n) is 5.20. The first-order valence-electron chi connectivity index (χ1n) is 13.6. The highest BCUT2D eigenvalue weighted by atomic mass is 19.4. The van der Waals surface area contributed by atoms with Gasteiger partial charge in [-0.1, -0.05) is 12.1 Å². The second-order valence-corrected chi connectivity index (χ2v) is 11.8. The zero-order valence-corrected chi connectivity index (χ0v) is 23.7. The lowest BCUT2D eigenvalue weighted by Gasteiger charge is -2.37. The minimum Gasteiger partial charge on any atom is -0.444 e. The minimum absolute atomic E-state index is 0.0327. The number of rotatable bonds is 6. The lowest BCUT2D eigenvalue weighted by atomic mass is 9.90. The summed E-state index contributed by atoms with van der Waals surface area (Å²) < 4.78 is 105. The van der Waals surface area contributed by atoms with Crippen LogP contribution in [0.5, 0.6) is 0 Å². The monoisotopic (exact) mass is 619 g/mol. The Hall–Kier alpha value is -3.55. The Bertz CT molecular complexity index is 1290. The first-order valence-corrected chi connectivity index (χ1v) is 13.6. The molecular formula is C29H32F7N3O4. The average Bonchev–Trinajstić information content (AvgIpc) is 3.24. The average molecular weight is 620 g/mol. The molecule has 1 atom stereocenters. The highest BCUT2D eigenvalue weighted by Crippen LogP contribution is 2.37. The van der Waals surface area contributed by atoms with Crippen molar-refractivity contribution in [3.63, 3.8) is 0 Å². The number of ether oxygens (including phenoxy) is 2. The van der Waals surface area contributed by atoms with Gasteiger partial charge in [-0.25, -0.2) is 14.0 Å². The van der Waals surface area contributed by atoms with Gasteiger partial charge in [0, 0.05) is 19.1 Å². The quantitative estimate of drug-likeness (QED) is 0.366. The number of urea groups is 1. The van der Waals surface area contributed by atoms with Crippen LogP contribution in [0.3, 0.4) is 0 Å². The number of hydrogen-bond acceptors (Lipinski definition) is 4. The molecule has 2 aromatic carbocycles. The molecule has 0 saturated carbocycles. The Labute approximate surface area is 243 Å². The van der Waals surface area contributed by atoms with Crippen molar-refractivity contribution >= 4 is 12.1 Å². The smallest absolute Gasteiger partial charge is 0.416 e. The molecule has 43 heavy (non-hydrogen) atoms. The van der Waals surface area contributed by atoms with Crippen molar-refractivity contribution in [2.45, 2.75) is 69.8 Å². The van der Waals surface area contributed by atoms with Crippen molar-refractivity contribution in [1.29, 1.82) is 0 Å². The summed E-state index contributed by atoms with van der Waals surface area (Å²) >= 11 is 0. The van der Waals surface area contributed by atoms with Crippen LogP contribution in [0.2, 0.25) is 0 Å². The normalized spacial score (nSPS) is 20.4. The number of amides is 3. The lowest BCUT2D eigenvalue weighted by Crippen LogP contribution is -2.49. The van der Waals surface area contributed by atoms with Gasteiger partial charge in [0.15, 0.2) is 0 Å². The van der Waals surface area contributed by atoms with Gasteiger partial charge in [0.1, 0.15) is 17.0 Å². The van der Waals surface area contributed by atoms with E-state index in [2.05, 4.69) is 5.32 Å². The van der Waals surface area contributed by atoms with Gasteiger partial charge in [-0.3, -0.25) is 0 Å². The number of carbonyl (C=O) groups excluding carboxylic acids is 2. The third kappa shape index (κ3) is 7.89. The maximum Gasteiger partial charge on any atom is 0.416 e. The molecule has 1 N–H and O–H groups in total. The number of piperidine rings is 1. The van der Waals surface area contributed by atoms with Gasteiger partial charge in [0.2, 0.25) is 0 Å². The van der Waals surface area contributed by atoms with Crippen molar-refractivity contribution in [3.8, 4) is 0 Å². The van der Waals surface area contributed by atoms with Crippen LogP contribution in [0.4, 0.5) is 40.3 Å². The van der Waals surface area contributed by atoms with E-state index in [1.807, 2.05) is 0 Å². The molecule has 2 aliphatic rings. The van der Waals surface area contributed by atoms with Crippen molar-refractivity contribution in [2.75, 3.05) is 26.2 Å². The molecule has 0 aliphatic carbocycles. The topological polar surface area (TPSA) is 71.1 Å². The maximum atomic E-state index is 13.7. The first-order chi connectivity index (χ1) is 19.9. The lowest BCUT2D eigenvalue weighted by molar-refractivity contribution is -0.143. The van der Waals surface area contributed by atoms with Gasteiger partial charge in [0.05, 0.1) is 30.9 Å². The minimum atomic E-state index is -5.01. The van der Waals surface area contributed by atoms with E-state index in [1.54, 1.807) is 30.6 Å². The number of carbonyl (C=O) groups is 2. The number of benzene rings is 2. The van der Waals surface area contributed by atoms with Crippen LogP contribution in [0, 0.1) is 5.82 Å². The van der Waals surface area contributed by atoms with Gasteiger partial charge in [0.25, 0.3) is 0 Å². The van der Waals surface area contributed by atoms with E-state index in [1.165, 1.54) is 24.3 Å². The molecule has 14 heteroatoms. The number of likely N-dealkylation sites (tertiary alicyclic amines) is 1. The Morgan fingerprint density at radius 2 is 1.51 bits per heavy atom. The van der Waals surface area contributed by atoms with E-state index < -0.39 is 59.2 Å². The fourth-order valence-corrected chi connectivity index (χ4v) is 5.20. The van der Waals surface area contributed by atoms with Crippen LogP contribution in [0.1, 0.15) is 55.9 Å². The van der Waals surface area contributed by atoms with Crippen LogP contribution in [-0.4, -0.2) is 59.8 Å². The van der Waals surface area contributed by atoms with E-state index in [0.717, 1.165) is 0 Å². The van der Waals surface area contributed by atoms with E-state index >= 15 is 0 Å². The molecule has 0 aromatic heterocycles. The number of hydrogen-bond donors (Lipinski definition) is 1. The Morgan fingerprint density at radius 1 is 0.953 bits per heavy atom. The molecule has 2 aliphatic heterocycles. The van der Waals surface area contributed by atoms with Gasteiger partial charge in [-0.2, -0.15) is 26.3 Å². The maximum absolute atomic E-state index is 13.7. The summed E-state index contributed by atoms with van der Waals surface area (Å²) in [7, 11) is 0. The van der Waals surface area contributed by atoms with Crippen LogP contribution < -0.4 is 5.32 Å². The molecule has 236 valence electrons. The number of alkyl halides is 6. The van der Waals surface area contributed by atoms with Crippen molar-refractivity contribution < 1.29 is 49.8 Å². The summed E-state index contributed by atoms with van der Waals surface area (Å²) in [5, 5.41) is 2.85. The number of nitrogens with zero attached hydrogens (tertiary/aromatic N) is 2. The summed E-state index contributed by atoms with van der Waals surface area (Å²) in [6.45, 7) is 5.03. The van der Waals surface area contributed by atoms with Gasteiger partial charge < -0.3 is 24.6 Å². The van der Waals surface area contributed by atoms with E-state index in [-0.39, 0.29) is 30.8 Å². The van der Waals surface area contributed by atoms with Crippen LogP contribution in [0.25, 0.3) is 0 Å². The summed E-state index contributed by atoms with van der Waals surface area (Å²) in [6, 6.07) is 5.66. The van der Waals surface area contributed by atoms with Crippen molar-refractivity contribution in [2.24, 2.45) is 0 Å². The fraction of sp³-hybridized carbons (Fsp3) is 0.517. The van der Waals surface area contributed by atoms with Gasteiger partial charge in [-0.15, -0.1) is 0 Å². The van der Waals surface area contributed by atoms with E-state index in [0.29, 0.717) is 43.6 Å². The largest absolute Gasteiger partial charge is 0.444 e. The van der Waals surface area contributed by atoms with Gasteiger partial charge in [-0.05, 0) is 75.1 Å². The third-order valence-electron chi connectivity index (χ3n) is 7.27. The number of nitrogens with one attached hydrogen (secondary N) is 1. The van der Waals surface area contributed by atoms with E-state index in [4.69, 9.17) is 9.47 Å². The summed E-state index contributed by atoms with van der Waals surface area (Å²) in [6.07, 6.45) is -9.60. The molecule has 0 radical (unpaired) electrons. The molecule has 1 unspecified atom stereocenters. The molecule has 0 bridgehead atoms. The Morgan fingerprint density at radius 3 is 2.02 bits per heavy atom. The summed E-state index contributed by atoms with van der Waals surface area (Å²) in [5.41, 5.74) is -4.79. The SMILES string of the molecule is CC(C)(C)OC(=O)N1CCC(N2CC(COCc3cc(C(F)(F)F)cc(C(F)(F)F)c3)(c3ccc(F)cc3)NC2=O)CC1. The molecule has 0 spiro atoms. The van der Waals surface area contributed by atoms with Gasteiger partial charge >= 0.3 is 24.5 Å². The zero-order valence-electron chi connectivity index (χ0n) is 23.7. The number of halogens is 7. The van der Waals surface area contributed by atoms with Crippen LogP contribution >= 0.6 is 0 Å². The van der Waals surface area contributed by atoms with Crippen LogP contribution in [-0.2, 0) is 34.0 Å². The molecule has 2 fully saturated rings. The summed E-state index contributed by atoms with van der Waals surface area (Å²) in [5.74, 6) is -0.542. The molecule has 2 heterocycles. The predicted molar refractivity (Wildman–Crippen MR) is 140 cm³/mol. The second-order valence-electron chi connectivity index (χ2n) is 11.8. The highest BCUT2D eigenvalue weighted by Gasteiger charge is 2.47. The van der Waals surface area contributed by atoms with Crippen molar-refractivity contribution in [3.05, 3.63) is 70.5 Å². The third-order valence-corrected chi connectivity index (χ3v) is 7.27. The molecule has 4 rings (SSSR count). The standard InChI is InChI=1S/C29H32F7N3O4/c1-26(2,3)43-25(41)38-10-8-23(9-11-38)39-16-27(37-24(39)40,19-4-6-22(30)7-5-19)17-42-15-18-12-20(28(31,32)33)14-21(13-18)29(34,35)36/h4-7,12-14,23H,8-11,15-17H2,1-3H3,(H,37,40).